The van der Waals surface area contributed by atoms with Crippen LogP contribution in [0.2, 0.25) is 0 Å². The Morgan fingerprint density at radius 2 is 1.89 bits per heavy atom. The summed E-state index contributed by atoms with van der Waals surface area (Å²) in [5.41, 5.74) is -0.628. The van der Waals surface area contributed by atoms with Crippen LogP contribution < -0.4 is 0 Å². The minimum Gasteiger partial charge on any atom is -0.382 e. The second-order valence-corrected chi connectivity index (χ2v) is 10.7. The first-order valence-corrected chi connectivity index (χ1v) is 12.9. The van der Waals surface area contributed by atoms with E-state index in [4.69, 9.17) is 9.47 Å². The Hall–Kier alpha value is -3.11. The van der Waals surface area contributed by atoms with Crippen LogP contribution in [-0.2, 0) is 21.6 Å². The van der Waals surface area contributed by atoms with E-state index in [-0.39, 0.29) is 17.4 Å². The molecule has 1 aromatic heterocycles. The molecule has 0 spiro atoms. The smallest absolute Gasteiger partial charge is 0.177 e. The number of hydrogen-bond donors (Lipinski definition) is 1. The van der Waals surface area contributed by atoms with E-state index in [1.807, 2.05) is 30.4 Å². The zero-order valence-electron chi connectivity index (χ0n) is 20.2. The molecule has 37 heavy (non-hydrogen) atoms. The van der Waals surface area contributed by atoms with Gasteiger partial charge in [0.25, 0.3) is 0 Å². The molecule has 0 saturated carbocycles. The number of benzene rings is 3. The van der Waals surface area contributed by atoms with Gasteiger partial charge in [-0.1, -0.05) is 55.5 Å². The highest BCUT2D eigenvalue weighted by Crippen LogP contribution is 2.38. The third-order valence-electron chi connectivity index (χ3n) is 6.45. The first kappa shape index (κ1) is 25.5. The Labute approximate surface area is 217 Å². The second kappa shape index (κ2) is 11.1. The van der Waals surface area contributed by atoms with Crippen molar-refractivity contribution in [2.24, 2.45) is 0 Å². The molecule has 192 valence electrons. The maximum Gasteiger partial charge on any atom is 0.177 e. The van der Waals surface area contributed by atoms with Gasteiger partial charge >= 0.3 is 0 Å². The van der Waals surface area contributed by atoms with Gasteiger partial charge < -0.3 is 14.6 Å². The predicted octanol–water partition coefficient (Wildman–Crippen LogP) is 5.17. The molecule has 4 aromatic rings. The lowest BCUT2D eigenvalue weighted by Crippen LogP contribution is -2.43. The average molecular weight is 524 g/mol. The van der Waals surface area contributed by atoms with E-state index in [1.165, 1.54) is 40.6 Å². The van der Waals surface area contributed by atoms with Crippen LogP contribution in [0.4, 0.5) is 8.78 Å². The maximum absolute atomic E-state index is 14.8. The number of rotatable bonds is 8. The molecule has 5 rings (SSSR count). The summed E-state index contributed by atoms with van der Waals surface area (Å²) in [6.45, 7) is 2.55. The molecule has 0 bridgehead atoms. The molecule has 2 heterocycles. The highest BCUT2D eigenvalue weighted by Gasteiger charge is 2.41. The van der Waals surface area contributed by atoms with E-state index in [1.54, 1.807) is 6.92 Å². The fourth-order valence-electron chi connectivity index (χ4n) is 4.43. The average Bonchev–Trinajstić information content (AvgIpc) is 3.41. The highest BCUT2D eigenvalue weighted by atomic mass is 32.2. The zero-order valence-corrected chi connectivity index (χ0v) is 21.0. The molecule has 6 nitrogen and oxygen atoms in total. The van der Waals surface area contributed by atoms with Gasteiger partial charge in [0.15, 0.2) is 6.29 Å². The molecule has 1 aliphatic heterocycles. The normalized spacial score (nSPS) is 20.8. The molecule has 1 fully saturated rings. The maximum atomic E-state index is 14.8. The van der Waals surface area contributed by atoms with Crippen molar-refractivity contribution in [2.75, 3.05) is 13.2 Å². The van der Waals surface area contributed by atoms with Crippen LogP contribution in [0.5, 0.6) is 0 Å². The summed E-state index contributed by atoms with van der Waals surface area (Å²) >= 11 is 1.43. The van der Waals surface area contributed by atoms with Crippen molar-refractivity contribution >= 4 is 28.6 Å². The molecule has 1 saturated heterocycles. The lowest BCUT2D eigenvalue weighted by atomic mass is 9.90. The summed E-state index contributed by atoms with van der Waals surface area (Å²) in [6.07, 6.45) is 6.16. The summed E-state index contributed by atoms with van der Waals surface area (Å²) < 4.78 is 41.6. The molecule has 3 aromatic carbocycles. The first-order chi connectivity index (χ1) is 17.9. The van der Waals surface area contributed by atoms with Gasteiger partial charge in [-0.25, -0.2) is 18.4 Å². The SMILES string of the molecule is C[C@@H](SC1COC(/C=C/c2ccc3ccccc3c2)OC1)[C@](O)(Cn1cncn1)c1ccc(F)cc1F. The Bertz CT molecular complexity index is 1380. The van der Waals surface area contributed by atoms with Crippen LogP contribution in [0.25, 0.3) is 16.8 Å². The summed E-state index contributed by atoms with van der Waals surface area (Å²) in [5.74, 6) is -1.52. The van der Waals surface area contributed by atoms with Gasteiger partial charge in [-0.3, -0.25) is 0 Å². The lowest BCUT2D eigenvalue weighted by molar-refractivity contribution is -0.146. The van der Waals surface area contributed by atoms with Crippen molar-refractivity contribution in [3.63, 3.8) is 0 Å². The summed E-state index contributed by atoms with van der Waals surface area (Å²) in [5, 5.41) is 17.5. The monoisotopic (exact) mass is 523 g/mol. The Balaban J connectivity index is 1.23. The van der Waals surface area contributed by atoms with Crippen LogP contribution in [0.15, 0.2) is 79.4 Å². The summed E-state index contributed by atoms with van der Waals surface area (Å²) in [7, 11) is 0. The third-order valence-corrected chi connectivity index (χ3v) is 7.90. The minimum absolute atomic E-state index is 0.00163. The second-order valence-electron chi connectivity index (χ2n) is 9.04. The topological polar surface area (TPSA) is 69.4 Å². The molecule has 0 amide bonds. The van der Waals surface area contributed by atoms with E-state index < -0.39 is 28.8 Å². The van der Waals surface area contributed by atoms with Gasteiger partial charge in [0.2, 0.25) is 0 Å². The number of halogens is 2. The molecule has 1 aliphatic rings. The largest absolute Gasteiger partial charge is 0.382 e. The minimum atomic E-state index is -1.68. The van der Waals surface area contributed by atoms with Crippen molar-refractivity contribution in [3.05, 3.63) is 102 Å². The Morgan fingerprint density at radius 3 is 2.62 bits per heavy atom. The van der Waals surface area contributed by atoms with Crippen molar-refractivity contribution < 1.29 is 23.4 Å². The van der Waals surface area contributed by atoms with Gasteiger partial charge in [0.1, 0.15) is 29.9 Å². The molecular formula is C28H27F2N3O3S. The number of thioether (sulfide) groups is 1. The van der Waals surface area contributed by atoms with Crippen molar-refractivity contribution in [1.82, 2.24) is 14.8 Å². The van der Waals surface area contributed by atoms with Gasteiger partial charge in [-0.15, -0.1) is 11.8 Å². The van der Waals surface area contributed by atoms with Crippen LogP contribution in [-0.4, -0.2) is 49.9 Å². The van der Waals surface area contributed by atoms with Gasteiger partial charge in [-0.05, 0) is 34.5 Å². The molecule has 1 N–H and O–H groups in total. The van der Waals surface area contributed by atoms with E-state index >= 15 is 0 Å². The lowest BCUT2D eigenvalue weighted by Gasteiger charge is -2.37. The van der Waals surface area contributed by atoms with Crippen molar-refractivity contribution in [2.45, 2.75) is 35.9 Å². The van der Waals surface area contributed by atoms with E-state index in [0.717, 1.165) is 23.1 Å². The number of hydrogen-bond acceptors (Lipinski definition) is 6. The van der Waals surface area contributed by atoms with E-state index in [0.29, 0.717) is 13.2 Å². The third kappa shape index (κ3) is 5.91. The standard InChI is InChI=1S/C28H27F2N3O3S/c1-19(28(34,16-33-18-31-17-32-33)25-10-9-23(29)13-26(25)30)37-24-14-35-27(36-15-24)11-7-20-6-8-21-4-2-3-5-22(21)12-20/h2-13,17-19,24,27,34H,14-16H2,1H3/b11-7+/t19-,24?,27?,28-/m1/s1. The van der Waals surface area contributed by atoms with Crippen LogP contribution >= 0.6 is 11.8 Å². The van der Waals surface area contributed by atoms with E-state index in [2.05, 4.69) is 34.3 Å². The molecular weight excluding hydrogens is 496 g/mol. The highest BCUT2D eigenvalue weighted by molar-refractivity contribution is 8.00. The molecule has 2 atom stereocenters. The number of nitrogens with zero attached hydrogens (tertiary/aromatic N) is 3. The predicted molar refractivity (Wildman–Crippen MR) is 140 cm³/mol. The van der Waals surface area contributed by atoms with Crippen molar-refractivity contribution in [1.29, 1.82) is 0 Å². The van der Waals surface area contributed by atoms with Gasteiger partial charge in [-0.2, -0.15) is 5.10 Å². The van der Waals surface area contributed by atoms with Crippen LogP contribution in [0.1, 0.15) is 18.1 Å². The van der Waals surface area contributed by atoms with E-state index in [9.17, 15) is 13.9 Å². The van der Waals surface area contributed by atoms with Gasteiger partial charge in [0, 0.05) is 16.9 Å². The zero-order chi connectivity index (χ0) is 25.8. The fraction of sp³-hybridized carbons (Fsp3) is 0.286. The quantitative estimate of drug-likeness (QED) is 0.344. The van der Waals surface area contributed by atoms with Crippen LogP contribution in [0, 0.1) is 11.6 Å². The first-order valence-electron chi connectivity index (χ1n) is 12.0. The number of aliphatic hydroxyl groups is 1. The number of aromatic nitrogens is 3. The number of fused-ring (bicyclic) bond motifs is 1. The van der Waals surface area contributed by atoms with Gasteiger partial charge in [0.05, 0.1) is 25.0 Å². The Kier molecular flexibility index (Phi) is 7.66. The molecule has 0 aliphatic carbocycles. The van der Waals surface area contributed by atoms with Crippen LogP contribution in [0.3, 0.4) is 0 Å². The fourth-order valence-corrected chi connectivity index (χ4v) is 5.75. The number of ether oxygens (including phenoxy) is 2. The summed E-state index contributed by atoms with van der Waals surface area (Å²) in [4.78, 5) is 3.91. The molecule has 9 heteroatoms. The molecule has 0 radical (unpaired) electrons. The Morgan fingerprint density at radius 1 is 1.11 bits per heavy atom. The van der Waals surface area contributed by atoms with Crippen molar-refractivity contribution in [3.8, 4) is 0 Å². The molecule has 0 unspecified atom stereocenters. The summed E-state index contributed by atoms with van der Waals surface area (Å²) in [6, 6.07) is 17.6.